The fraction of sp³-hybridized carbons (Fsp3) is 0.438. The van der Waals surface area contributed by atoms with Crippen molar-refractivity contribution < 1.29 is 18.1 Å². The Morgan fingerprint density at radius 2 is 2.18 bits per heavy atom. The Morgan fingerprint density at radius 3 is 2.86 bits per heavy atom. The molecule has 2 unspecified atom stereocenters. The van der Waals surface area contributed by atoms with Crippen molar-refractivity contribution in [2.24, 2.45) is 0 Å². The molecule has 1 heterocycles. The molecule has 1 aromatic carbocycles. The van der Waals surface area contributed by atoms with Gasteiger partial charge >= 0.3 is 0 Å². The normalized spacial score (nSPS) is 20.3. The summed E-state index contributed by atoms with van der Waals surface area (Å²) in [5.74, 6) is -0.000771. The molecule has 1 aliphatic heterocycles. The number of ether oxygens (including phenoxy) is 1. The maximum atomic E-state index is 13.0. The smallest absolute Gasteiger partial charge is 0.235 e. The Labute approximate surface area is 132 Å². The highest BCUT2D eigenvalue weighted by atomic mass is 32.2. The highest BCUT2D eigenvalue weighted by Gasteiger charge is 2.26. The van der Waals surface area contributed by atoms with Gasteiger partial charge in [0.05, 0.1) is 13.2 Å². The number of benzene rings is 1. The van der Waals surface area contributed by atoms with E-state index in [4.69, 9.17) is 4.74 Å². The third-order valence-corrected chi connectivity index (χ3v) is 4.60. The summed E-state index contributed by atoms with van der Waals surface area (Å²) < 4.78 is 30.4. The van der Waals surface area contributed by atoms with E-state index in [-0.39, 0.29) is 23.6 Å². The van der Waals surface area contributed by atoms with Gasteiger partial charge < -0.3 is 9.64 Å². The van der Waals surface area contributed by atoms with E-state index in [2.05, 4.69) is 0 Å². The Hall–Kier alpha value is -1.53. The van der Waals surface area contributed by atoms with Crippen LogP contribution < -0.4 is 0 Å². The Balaban J connectivity index is 1.93. The zero-order valence-electron chi connectivity index (χ0n) is 12.5. The molecule has 1 aromatic rings. The van der Waals surface area contributed by atoms with Gasteiger partial charge in [-0.3, -0.25) is 9.00 Å². The summed E-state index contributed by atoms with van der Waals surface area (Å²) in [7, 11) is -1.18. The molecule has 1 saturated heterocycles. The van der Waals surface area contributed by atoms with Gasteiger partial charge in [0.25, 0.3) is 0 Å². The van der Waals surface area contributed by atoms with Gasteiger partial charge in [0, 0.05) is 23.1 Å². The molecule has 2 atom stereocenters. The number of halogens is 1. The molecule has 0 aliphatic carbocycles. The average molecular weight is 325 g/mol. The van der Waals surface area contributed by atoms with Gasteiger partial charge in [-0.25, -0.2) is 4.39 Å². The molecule has 1 amide bonds. The molecule has 0 aromatic heterocycles. The molecule has 0 bridgehead atoms. The molecule has 1 aliphatic rings. The fourth-order valence-electron chi connectivity index (χ4n) is 2.25. The van der Waals surface area contributed by atoms with E-state index in [0.29, 0.717) is 25.4 Å². The molecule has 2 rings (SSSR count). The summed E-state index contributed by atoms with van der Waals surface area (Å²) in [6, 6.07) is 6.09. The lowest BCUT2D eigenvalue weighted by atomic mass is 10.1. The van der Waals surface area contributed by atoms with Gasteiger partial charge in [-0.05, 0) is 24.6 Å². The lowest BCUT2D eigenvalue weighted by Crippen LogP contribution is -2.44. The van der Waals surface area contributed by atoms with Gasteiger partial charge in [0.1, 0.15) is 17.7 Å². The first kappa shape index (κ1) is 16.8. The van der Waals surface area contributed by atoms with Crippen LogP contribution in [0.1, 0.15) is 18.6 Å². The van der Waals surface area contributed by atoms with Crippen molar-refractivity contribution in [1.82, 2.24) is 4.90 Å². The number of carbonyl (C=O) groups is 1. The monoisotopic (exact) mass is 325 g/mol. The molecular formula is C16H20FNO3S. The third-order valence-electron chi connectivity index (χ3n) is 3.46. The Bertz CT molecular complexity index is 559. The molecule has 22 heavy (non-hydrogen) atoms. The standard InChI is InChI=1S/C16H20FNO3S/c1-2-3-10-22(20)12-16(19)18-8-9-21-15(11-18)13-4-6-14(17)7-5-13/h2-7,15H,8-12H2,1H3/b3-2+. The van der Waals surface area contributed by atoms with Crippen LogP contribution in [0.25, 0.3) is 0 Å². The minimum atomic E-state index is -1.18. The summed E-state index contributed by atoms with van der Waals surface area (Å²) in [6.07, 6.45) is 3.35. The van der Waals surface area contributed by atoms with Crippen molar-refractivity contribution in [3.63, 3.8) is 0 Å². The average Bonchev–Trinajstić information content (AvgIpc) is 2.53. The van der Waals surface area contributed by atoms with E-state index in [0.717, 1.165) is 5.56 Å². The molecular weight excluding hydrogens is 305 g/mol. The zero-order chi connectivity index (χ0) is 15.9. The van der Waals surface area contributed by atoms with Crippen LogP contribution in [0.2, 0.25) is 0 Å². The predicted molar refractivity (Wildman–Crippen MR) is 84.4 cm³/mol. The van der Waals surface area contributed by atoms with Crippen LogP contribution >= 0.6 is 0 Å². The first-order valence-electron chi connectivity index (χ1n) is 7.21. The molecule has 4 nitrogen and oxygen atoms in total. The molecule has 0 saturated carbocycles. The number of hydrogen-bond donors (Lipinski definition) is 0. The predicted octanol–water partition coefficient (Wildman–Crippen LogP) is 2.05. The SMILES string of the molecule is C/C=C/CS(=O)CC(=O)N1CCOC(c2ccc(F)cc2)C1. The first-order valence-corrected chi connectivity index (χ1v) is 8.70. The van der Waals surface area contributed by atoms with Crippen LogP contribution in [-0.4, -0.2) is 46.2 Å². The first-order chi connectivity index (χ1) is 10.6. The van der Waals surface area contributed by atoms with Gasteiger partial charge in [-0.15, -0.1) is 0 Å². The summed E-state index contributed by atoms with van der Waals surface area (Å²) in [4.78, 5) is 13.9. The number of allylic oxidation sites excluding steroid dienone is 1. The molecule has 1 fully saturated rings. The van der Waals surface area contributed by atoms with Crippen LogP contribution in [0.5, 0.6) is 0 Å². The summed E-state index contributed by atoms with van der Waals surface area (Å²) >= 11 is 0. The second kappa shape index (κ2) is 8.19. The van der Waals surface area contributed by atoms with Gasteiger partial charge in [-0.2, -0.15) is 0 Å². The molecule has 0 N–H and O–H groups in total. The molecule has 0 spiro atoms. The zero-order valence-corrected chi connectivity index (χ0v) is 13.4. The summed E-state index contributed by atoms with van der Waals surface area (Å²) in [6.45, 7) is 3.19. The lowest BCUT2D eigenvalue weighted by Gasteiger charge is -2.33. The van der Waals surface area contributed by atoms with Crippen molar-refractivity contribution >= 4 is 16.7 Å². The lowest BCUT2D eigenvalue weighted by molar-refractivity contribution is -0.136. The molecule has 0 radical (unpaired) electrons. The minimum Gasteiger partial charge on any atom is -0.370 e. The van der Waals surface area contributed by atoms with Gasteiger partial charge in [-0.1, -0.05) is 24.3 Å². The van der Waals surface area contributed by atoms with Crippen LogP contribution in [0.3, 0.4) is 0 Å². The topological polar surface area (TPSA) is 46.6 Å². The number of hydrogen-bond acceptors (Lipinski definition) is 3. The molecule has 120 valence electrons. The summed E-state index contributed by atoms with van der Waals surface area (Å²) in [5.41, 5.74) is 0.842. The van der Waals surface area contributed by atoms with Crippen LogP contribution in [0.15, 0.2) is 36.4 Å². The number of amides is 1. The van der Waals surface area contributed by atoms with E-state index < -0.39 is 10.8 Å². The quantitative estimate of drug-likeness (QED) is 0.779. The van der Waals surface area contributed by atoms with E-state index in [1.54, 1.807) is 23.1 Å². The van der Waals surface area contributed by atoms with Crippen LogP contribution in [-0.2, 0) is 20.3 Å². The highest BCUT2D eigenvalue weighted by Crippen LogP contribution is 2.22. The van der Waals surface area contributed by atoms with E-state index in [9.17, 15) is 13.4 Å². The van der Waals surface area contributed by atoms with Crippen molar-refractivity contribution in [3.8, 4) is 0 Å². The van der Waals surface area contributed by atoms with E-state index in [1.165, 1.54) is 12.1 Å². The van der Waals surface area contributed by atoms with E-state index >= 15 is 0 Å². The molecule has 6 heteroatoms. The maximum absolute atomic E-state index is 13.0. The summed E-state index contributed by atoms with van der Waals surface area (Å²) in [5, 5.41) is 0. The highest BCUT2D eigenvalue weighted by molar-refractivity contribution is 7.85. The number of carbonyl (C=O) groups excluding carboxylic acids is 1. The Kier molecular flexibility index (Phi) is 6.27. The Morgan fingerprint density at radius 1 is 1.45 bits per heavy atom. The third kappa shape index (κ3) is 4.74. The van der Waals surface area contributed by atoms with E-state index in [1.807, 2.05) is 13.0 Å². The van der Waals surface area contributed by atoms with Gasteiger partial charge in [0.2, 0.25) is 5.91 Å². The second-order valence-electron chi connectivity index (χ2n) is 5.07. The second-order valence-corrected chi connectivity index (χ2v) is 6.57. The number of rotatable bonds is 5. The van der Waals surface area contributed by atoms with Crippen molar-refractivity contribution in [3.05, 3.63) is 47.8 Å². The van der Waals surface area contributed by atoms with Crippen molar-refractivity contribution in [1.29, 1.82) is 0 Å². The van der Waals surface area contributed by atoms with Crippen molar-refractivity contribution in [2.75, 3.05) is 31.2 Å². The number of nitrogens with zero attached hydrogens (tertiary/aromatic N) is 1. The fourth-order valence-corrected chi connectivity index (χ4v) is 3.23. The van der Waals surface area contributed by atoms with Gasteiger partial charge in [0.15, 0.2) is 0 Å². The van der Waals surface area contributed by atoms with Crippen LogP contribution in [0.4, 0.5) is 4.39 Å². The largest absolute Gasteiger partial charge is 0.370 e. The maximum Gasteiger partial charge on any atom is 0.235 e. The number of morpholine rings is 1. The minimum absolute atomic E-state index is 0.0283. The van der Waals surface area contributed by atoms with Crippen molar-refractivity contribution in [2.45, 2.75) is 13.0 Å². The van der Waals surface area contributed by atoms with Crippen LogP contribution in [0, 0.1) is 5.82 Å².